The molecular weight excluding hydrogens is 414 g/mol. The van der Waals surface area contributed by atoms with E-state index in [4.69, 9.17) is 5.73 Å². The molecule has 158 valence electrons. The third kappa shape index (κ3) is 4.16. The molecular formula is C25H22F2N2OS. The fraction of sp³-hybridized carbons (Fsp3) is 0.280. The van der Waals surface area contributed by atoms with Gasteiger partial charge in [0.15, 0.2) is 11.6 Å². The standard InChI is InChI=1S/C25H22F2N2OS/c1-14-25(15-5-3-2-4-6-15)20(13-28)24(31-14)11-17(30)10-23(29)18-8-7-16-9-21(26)22(27)12-19(16)18/h2-6,9,12,18,23H,7-8,10-11,29H2,1H3. The van der Waals surface area contributed by atoms with E-state index in [-0.39, 0.29) is 24.5 Å². The maximum Gasteiger partial charge on any atom is 0.159 e. The van der Waals surface area contributed by atoms with Gasteiger partial charge in [-0.3, -0.25) is 4.79 Å². The lowest BCUT2D eigenvalue weighted by molar-refractivity contribution is -0.118. The van der Waals surface area contributed by atoms with Gasteiger partial charge >= 0.3 is 0 Å². The van der Waals surface area contributed by atoms with Crippen molar-refractivity contribution in [3.63, 3.8) is 0 Å². The van der Waals surface area contributed by atoms with Gasteiger partial charge in [0.05, 0.1) is 5.56 Å². The molecule has 1 aliphatic rings. The van der Waals surface area contributed by atoms with Gasteiger partial charge in [-0.25, -0.2) is 8.78 Å². The van der Waals surface area contributed by atoms with Crippen molar-refractivity contribution in [2.75, 3.05) is 0 Å². The van der Waals surface area contributed by atoms with Crippen molar-refractivity contribution in [2.45, 2.75) is 44.6 Å². The van der Waals surface area contributed by atoms with Gasteiger partial charge in [0, 0.05) is 40.1 Å². The molecule has 6 heteroatoms. The minimum absolute atomic E-state index is 0.0547. The highest BCUT2D eigenvalue weighted by Gasteiger charge is 2.31. The van der Waals surface area contributed by atoms with Gasteiger partial charge in [-0.1, -0.05) is 30.3 Å². The van der Waals surface area contributed by atoms with E-state index in [1.54, 1.807) is 0 Å². The summed E-state index contributed by atoms with van der Waals surface area (Å²) in [4.78, 5) is 14.6. The largest absolute Gasteiger partial charge is 0.327 e. The summed E-state index contributed by atoms with van der Waals surface area (Å²) in [7, 11) is 0. The van der Waals surface area contributed by atoms with Crippen LogP contribution in [0.2, 0.25) is 0 Å². The third-order valence-electron chi connectivity index (χ3n) is 5.98. The lowest BCUT2D eigenvalue weighted by Crippen LogP contribution is -2.30. The summed E-state index contributed by atoms with van der Waals surface area (Å²) in [5, 5.41) is 9.75. The van der Waals surface area contributed by atoms with Crippen LogP contribution in [0.1, 0.15) is 45.2 Å². The Hall–Kier alpha value is -2.88. The van der Waals surface area contributed by atoms with Crippen molar-refractivity contribution in [2.24, 2.45) is 5.73 Å². The molecule has 1 aliphatic carbocycles. The fourth-order valence-corrected chi connectivity index (χ4v) is 5.70. The molecule has 2 aromatic carbocycles. The molecule has 3 nitrogen and oxygen atoms in total. The molecule has 2 N–H and O–H groups in total. The zero-order valence-corrected chi connectivity index (χ0v) is 17.9. The highest BCUT2D eigenvalue weighted by atomic mass is 32.1. The minimum Gasteiger partial charge on any atom is -0.327 e. The molecule has 0 amide bonds. The number of ketones is 1. The van der Waals surface area contributed by atoms with Crippen LogP contribution in [0.5, 0.6) is 0 Å². The lowest BCUT2D eigenvalue weighted by Gasteiger charge is -2.20. The molecule has 0 spiro atoms. The van der Waals surface area contributed by atoms with E-state index in [0.29, 0.717) is 24.0 Å². The summed E-state index contributed by atoms with van der Waals surface area (Å²) >= 11 is 1.46. The van der Waals surface area contributed by atoms with Gasteiger partial charge < -0.3 is 5.73 Å². The lowest BCUT2D eigenvalue weighted by atomic mass is 9.89. The third-order valence-corrected chi connectivity index (χ3v) is 7.08. The van der Waals surface area contributed by atoms with Crippen molar-refractivity contribution in [3.8, 4) is 17.2 Å². The summed E-state index contributed by atoms with van der Waals surface area (Å²) < 4.78 is 27.2. The van der Waals surface area contributed by atoms with Gasteiger partial charge in [-0.2, -0.15) is 5.26 Å². The van der Waals surface area contributed by atoms with E-state index in [2.05, 4.69) is 6.07 Å². The van der Waals surface area contributed by atoms with Gasteiger partial charge in [-0.15, -0.1) is 11.3 Å². The van der Waals surface area contributed by atoms with Crippen LogP contribution in [0, 0.1) is 29.9 Å². The normalized spacial score (nSPS) is 16.0. The molecule has 1 aromatic heterocycles. The smallest absolute Gasteiger partial charge is 0.159 e. The first-order valence-corrected chi connectivity index (χ1v) is 11.0. The quantitative estimate of drug-likeness (QED) is 0.560. The second kappa shape index (κ2) is 8.70. The predicted molar refractivity (Wildman–Crippen MR) is 118 cm³/mol. The number of hydrogen-bond donors (Lipinski definition) is 1. The molecule has 2 unspecified atom stereocenters. The van der Waals surface area contributed by atoms with Crippen molar-refractivity contribution in [1.29, 1.82) is 5.26 Å². The Morgan fingerprint density at radius 1 is 1.26 bits per heavy atom. The van der Waals surface area contributed by atoms with Crippen molar-refractivity contribution >= 4 is 17.1 Å². The highest BCUT2D eigenvalue weighted by Crippen LogP contribution is 2.38. The van der Waals surface area contributed by atoms with Crippen LogP contribution < -0.4 is 5.73 Å². The number of benzene rings is 2. The van der Waals surface area contributed by atoms with Crippen LogP contribution in [0.25, 0.3) is 11.1 Å². The van der Waals surface area contributed by atoms with E-state index < -0.39 is 17.7 Å². The van der Waals surface area contributed by atoms with Gasteiger partial charge in [0.2, 0.25) is 0 Å². The second-order valence-electron chi connectivity index (χ2n) is 8.00. The topological polar surface area (TPSA) is 66.9 Å². The first kappa shape index (κ1) is 21.4. The van der Waals surface area contributed by atoms with Crippen LogP contribution >= 0.6 is 11.3 Å². The minimum atomic E-state index is -0.884. The van der Waals surface area contributed by atoms with Crippen LogP contribution in [0.4, 0.5) is 8.78 Å². The van der Waals surface area contributed by atoms with E-state index in [1.807, 2.05) is 37.3 Å². The predicted octanol–water partition coefficient (Wildman–Crippen LogP) is 5.43. The van der Waals surface area contributed by atoms with Crippen LogP contribution in [0.3, 0.4) is 0 Å². The molecule has 2 atom stereocenters. The Bertz CT molecular complexity index is 1180. The van der Waals surface area contributed by atoms with E-state index in [1.165, 1.54) is 23.5 Å². The number of carbonyl (C=O) groups excluding carboxylic acids is 1. The SMILES string of the molecule is Cc1sc(CC(=O)CC(N)C2CCc3cc(F)c(F)cc32)c(C#N)c1-c1ccccc1. The Labute approximate surface area is 184 Å². The monoisotopic (exact) mass is 436 g/mol. The van der Waals surface area contributed by atoms with Crippen LogP contribution in [0.15, 0.2) is 42.5 Å². The Balaban J connectivity index is 1.51. The first-order valence-electron chi connectivity index (χ1n) is 10.2. The number of thiophene rings is 1. The van der Waals surface area contributed by atoms with Gasteiger partial charge in [0.1, 0.15) is 11.9 Å². The summed E-state index contributed by atoms with van der Waals surface area (Å²) in [6, 6.07) is 13.9. The average Bonchev–Trinajstić information content (AvgIpc) is 3.28. The number of aryl methyl sites for hydroxylation is 2. The summed E-state index contributed by atoms with van der Waals surface area (Å²) in [5.74, 6) is -1.96. The zero-order valence-electron chi connectivity index (χ0n) is 17.1. The number of fused-ring (bicyclic) bond motifs is 1. The zero-order chi connectivity index (χ0) is 22.1. The molecule has 31 heavy (non-hydrogen) atoms. The number of hydrogen-bond acceptors (Lipinski definition) is 4. The number of Topliss-reactive ketones (excluding diaryl/α,β-unsaturated/α-hetero) is 1. The van der Waals surface area contributed by atoms with E-state index in [0.717, 1.165) is 26.4 Å². The fourth-order valence-electron chi connectivity index (χ4n) is 4.53. The molecule has 4 rings (SSSR count). The van der Waals surface area contributed by atoms with E-state index >= 15 is 0 Å². The van der Waals surface area contributed by atoms with E-state index in [9.17, 15) is 18.8 Å². The maximum atomic E-state index is 13.7. The molecule has 3 aromatic rings. The number of halogens is 2. The van der Waals surface area contributed by atoms with Gasteiger partial charge in [-0.05, 0) is 48.6 Å². The van der Waals surface area contributed by atoms with Crippen LogP contribution in [-0.2, 0) is 17.6 Å². The molecule has 0 bridgehead atoms. The Morgan fingerprint density at radius 2 is 1.97 bits per heavy atom. The number of rotatable bonds is 6. The highest BCUT2D eigenvalue weighted by molar-refractivity contribution is 7.12. The average molecular weight is 437 g/mol. The summed E-state index contributed by atoms with van der Waals surface area (Å²) in [6.07, 6.45) is 1.58. The van der Waals surface area contributed by atoms with Crippen molar-refractivity contribution < 1.29 is 13.6 Å². The van der Waals surface area contributed by atoms with Crippen molar-refractivity contribution in [1.82, 2.24) is 0 Å². The number of nitrogens with zero attached hydrogens (tertiary/aromatic N) is 1. The van der Waals surface area contributed by atoms with Crippen molar-refractivity contribution in [3.05, 3.63) is 80.5 Å². The van der Waals surface area contributed by atoms with Crippen LogP contribution in [-0.4, -0.2) is 11.8 Å². The summed E-state index contributed by atoms with van der Waals surface area (Å²) in [5.41, 5.74) is 10.2. The summed E-state index contributed by atoms with van der Waals surface area (Å²) in [6.45, 7) is 1.96. The maximum absolute atomic E-state index is 13.7. The molecule has 0 fully saturated rings. The Morgan fingerprint density at radius 3 is 2.68 bits per heavy atom. The first-order chi connectivity index (χ1) is 14.9. The molecule has 0 aliphatic heterocycles. The molecule has 0 radical (unpaired) electrons. The number of carbonyl (C=O) groups is 1. The van der Waals surface area contributed by atoms with Gasteiger partial charge in [0.25, 0.3) is 0 Å². The second-order valence-corrected chi connectivity index (χ2v) is 9.31. The molecule has 0 saturated carbocycles. The molecule has 1 heterocycles. The number of nitrogens with two attached hydrogens (primary N) is 1. The molecule has 0 saturated heterocycles. The Kier molecular flexibility index (Phi) is 5.99. The number of nitriles is 1.